The first-order valence-electron chi connectivity index (χ1n) is 5.28. The van der Waals surface area contributed by atoms with Crippen LogP contribution in [0.2, 0.25) is 0 Å². The number of benzene rings is 1. The summed E-state index contributed by atoms with van der Waals surface area (Å²) in [6.45, 7) is 1.83. The van der Waals surface area contributed by atoms with Crippen LogP contribution in [0.5, 0.6) is 0 Å². The predicted molar refractivity (Wildman–Crippen MR) is 64.5 cm³/mol. The van der Waals surface area contributed by atoms with Gasteiger partial charge in [0.25, 0.3) is 0 Å². The van der Waals surface area contributed by atoms with Gasteiger partial charge in [0.15, 0.2) is 0 Å². The number of thioether (sulfide) groups is 1. The van der Waals surface area contributed by atoms with Crippen molar-refractivity contribution in [1.29, 1.82) is 0 Å². The van der Waals surface area contributed by atoms with Crippen LogP contribution in [0.25, 0.3) is 0 Å². The van der Waals surface area contributed by atoms with Crippen molar-refractivity contribution in [2.45, 2.75) is 23.9 Å². The van der Waals surface area contributed by atoms with Crippen molar-refractivity contribution in [3.63, 3.8) is 0 Å². The Morgan fingerprint density at radius 1 is 1.56 bits per heavy atom. The van der Waals surface area contributed by atoms with E-state index in [1.54, 1.807) is 0 Å². The molecule has 0 aromatic heterocycles. The van der Waals surface area contributed by atoms with Gasteiger partial charge in [0.2, 0.25) is 0 Å². The second-order valence-corrected chi connectivity index (χ2v) is 4.87. The fourth-order valence-electron chi connectivity index (χ4n) is 1.85. The molecule has 0 fully saturated rings. The maximum atomic E-state index is 11.3. The SMILES string of the molecule is COC(=O)[C@H](C)NC1CSc2ccccc21. The number of rotatable bonds is 3. The van der Waals surface area contributed by atoms with E-state index in [1.165, 1.54) is 17.6 Å². The van der Waals surface area contributed by atoms with Gasteiger partial charge in [0.1, 0.15) is 6.04 Å². The normalized spacial score (nSPS) is 20.2. The summed E-state index contributed by atoms with van der Waals surface area (Å²) < 4.78 is 4.70. The summed E-state index contributed by atoms with van der Waals surface area (Å²) in [5, 5.41) is 3.29. The van der Waals surface area contributed by atoms with Crippen LogP contribution in [0.3, 0.4) is 0 Å². The number of hydrogen-bond acceptors (Lipinski definition) is 4. The third kappa shape index (κ3) is 2.23. The van der Waals surface area contributed by atoms with Gasteiger partial charge < -0.3 is 4.74 Å². The number of hydrogen-bond donors (Lipinski definition) is 1. The van der Waals surface area contributed by atoms with Crippen LogP contribution in [0.1, 0.15) is 18.5 Å². The Balaban J connectivity index is 2.06. The third-order valence-corrected chi connectivity index (χ3v) is 3.89. The van der Waals surface area contributed by atoms with Crippen molar-refractivity contribution in [3.05, 3.63) is 29.8 Å². The van der Waals surface area contributed by atoms with Gasteiger partial charge in [0, 0.05) is 16.7 Å². The average Bonchev–Trinajstić information content (AvgIpc) is 2.72. The van der Waals surface area contributed by atoms with E-state index in [0.717, 1.165) is 5.75 Å². The molecule has 0 bridgehead atoms. The van der Waals surface area contributed by atoms with Gasteiger partial charge in [-0.3, -0.25) is 10.1 Å². The molecule has 1 heterocycles. The second kappa shape index (κ2) is 4.89. The quantitative estimate of drug-likeness (QED) is 0.816. The molecule has 0 saturated carbocycles. The van der Waals surface area contributed by atoms with Gasteiger partial charge in [-0.2, -0.15) is 0 Å². The zero-order chi connectivity index (χ0) is 11.5. The molecule has 0 aliphatic carbocycles. The highest BCUT2D eigenvalue weighted by Gasteiger charge is 2.25. The molecule has 4 heteroatoms. The summed E-state index contributed by atoms with van der Waals surface area (Å²) in [5.74, 6) is 0.759. The minimum absolute atomic E-state index is 0.214. The average molecular weight is 237 g/mol. The minimum Gasteiger partial charge on any atom is -0.468 e. The summed E-state index contributed by atoms with van der Waals surface area (Å²) in [6, 6.07) is 8.28. The van der Waals surface area contributed by atoms with Crippen LogP contribution in [0.15, 0.2) is 29.2 Å². The van der Waals surface area contributed by atoms with E-state index >= 15 is 0 Å². The Labute approximate surface area is 99.6 Å². The van der Waals surface area contributed by atoms with Crippen LogP contribution >= 0.6 is 11.8 Å². The highest BCUT2D eigenvalue weighted by molar-refractivity contribution is 7.99. The second-order valence-electron chi connectivity index (χ2n) is 3.81. The molecule has 2 rings (SSSR count). The molecule has 2 atom stereocenters. The summed E-state index contributed by atoms with van der Waals surface area (Å²) in [6.07, 6.45) is 0. The molecule has 1 N–H and O–H groups in total. The van der Waals surface area contributed by atoms with Crippen molar-refractivity contribution in [3.8, 4) is 0 Å². The Bertz CT molecular complexity index is 394. The Kier molecular flexibility index (Phi) is 3.51. The zero-order valence-corrected chi connectivity index (χ0v) is 10.2. The molecular formula is C12H15NO2S. The van der Waals surface area contributed by atoms with Gasteiger partial charge in [-0.05, 0) is 18.6 Å². The van der Waals surface area contributed by atoms with Crippen LogP contribution < -0.4 is 5.32 Å². The van der Waals surface area contributed by atoms with E-state index in [-0.39, 0.29) is 18.1 Å². The van der Waals surface area contributed by atoms with Crippen molar-refractivity contribution in [2.24, 2.45) is 0 Å². The van der Waals surface area contributed by atoms with Gasteiger partial charge in [0.05, 0.1) is 7.11 Å². The predicted octanol–water partition coefficient (Wildman–Crippen LogP) is 1.98. The molecule has 0 spiro atoms. The summed E-state index contributed by atoms with van der Waals surface area (Å²) in [4.78, 5) is 12.6. The largest absolute Gasteiger partial charge is 0.468 e. The molecular weight excluding hydrogens is 222 g/mol. The number of nitrogens with one attached hydrogen (secondary N) is 1. The van der Waals surface area contributed by atoms with Crippen LogP contribution in [0.4, 0.5) is 0 Å². The lowest BCUT2D eigenvalue weighted by Crippen LogP contribution is -2.37. The van der Waals surface area contributed by atoms with E-state index in [0.29, 0.717) is 0 Å². The summed E-state index contributed by atoms with van der Waals surface area (Å²) in [5.41, 5.74) is 1.28. The Hall–Kier alpha value is -1.00. The standard InChI is InChI=1S/C12H15NO2S/c1-8(12(14)15-2)13-10-7-16-11-6-4-3-5-9(10)11/h3-6,8,10,13H,7H2,1-2H3/t8-,10?/m0/s1. The van der Waals surface area contributed by atoms with Crippen molar-refractivity contribution in [1.82, 2.24) is 5.32 Å². The van der Waals surface area contributed by atoms with Crippen LogP contribution in [-0.4, -0.2) is 24.9 Å². The lowest BCUT2D eigenvalue weighted by molar-refractivity contribution is -0.142. The molecule has 1 aromatic carbocycles. The van der Waals surface area contributed by atoms with Crippen LogP contribution in [0, 0.1) is 0 Å². The maximum Gasteiger partial charge on any atom is 0.322 e. The highest BCUT2D eigenvalue weighted by atomic mass is 32.2. The molecule has 16 heavy (non-hydrogen) atoms. The van der Waals surface area contributed by atoms with E-state index in [2.05, 4.69) is 17.4 Å². The maximum absolute atomic E-state index is 11.3. The molecule has 3 nitrogen and oxygen atoms in total. The smallest absolute Gasteiger partial charge is 0.322 e. The molecule has 0 amide bonds. The minimum atomic E-state index is -0.262. The molecule has 0 saturated heterocycles. The molecule has 1 unspecified atom stereocenters. The lowest BCUT2D eigenvalue weighted by atomic mass is 10.1. The van der Waals surface area contributed by atoms with Crippen molar-refractivity contribution in [2.75, 3.05) is 12.9 Å². The first kappa shape index (κ1) is 11.5. The lowest BCUT2D eigenvalue weighted by Gasteiger charge is -2.17. The molecule has 0 radical (unpaired) electrons. The van der Waals surface area contributed by atoms with Crippen LogP contribution in [-0.2, 0) is 9.53 Å². The zero-order valence-electron chi connectivity index (χ0n) is 9.40. The number of fused-ring (bicyclic) bond motifs is 1. The first-order chi connectivity index (χ1) is 7.72. The van der Waals surface area contributed by atoms with E-state index in [4.69, 9.17) is 4.74 Å². The topological polar surface area (TPSA) is 38.3 Å². The molecule has 1 aromatic rings. The summed E-state index contributed by atoms with van der Waals surface area (Å²) in [7, 11) is 1.41. The Morgan fingerprint density at radius 2 is 2.31 bits per heavy atom. The highest BCUT2D eigenvalue weighted by Crippen LogP contribution is 2.37. The number of esters is 1. The monoisotopic (exact) mass is 237 g/mol. The van der Waals surface area contributed by atoms with E-state index < -0.39 is 0 Å². The number of methoxy groups -OCH3 is 1. The molecule has 1 aliphatic rings. The first-order valence-corrected chi connectivity index (χ1v) is 6.26. The van der Waals surface area contributed by atoms with Gasteiger partial charge in [-0.1, -0.05) is 18.2 Å². The number of carbonyl (C=O) groups is 1. The third-order valence-electron chi connectivity index (χ3n) is 2.71. The Morgan fingerprint density at radius 3 is 3.06 bits per heavy atom. The van der Waals surface area contributed by atoms with Gasteiger partial charge >= 0.3 is 5.97 Å². The number of ether oxygens (including phenoxy) is 1. The summed E-state index contributed by atoms with van der Waals surface area (Å²) >= 11 is 1.82. The van der Waals surface area contributed by atoms with Gasteiger partial charge in [-0.25, -0.2) is 0 Å². The van der Waals surface area contributed by atoms with E-state index in [9.17, 15) is 4.79 Å². The molecule has 1 aliphatic heterocycles. The fraction of sp³-hybridized carbons (Fsp3) is 0.417. The molecule has 86 valence electrons. The fourth-order valence-corrected chi connectivity index (χ4v) is 3.02. The number of carbonyl (C=O) groups excluding carboxylic acids is 1. The van der Waals surface area contributed by atoms with Gasteiger partial charge in [-0.15, -0.1) is 11.8 Å². The van der Waals surface area contributed by atoms with Crippen molar-refractivity contribution < 1.29 is 9.53 Å². The van der Waals surface area contributed by atoms with E-state index in [1.807, 2.05) is 30.8 Å². The van der Waals surface area contributed by atoms with Crippen molar-refractivity contribution >= 4 is 17.7 Å².